The fourth-order valence-electron chi connectivity index (χ4n) is 12.9. The summed E-state index contributed by atoms with van der Waals surface area (Å²) in [5, 5.41) is 4.84. The van der Waals surface area contributed by atoms with Gasteiger partial charge in [-0.05, 0) is 212 Å². The van der Waals surface area contributed by atoms with E-state index < -0.39 is 0 Å². The summed E-state index contributed by atoms with van der Waals surface area (Å²) in [6.07, 6.45) is 0. The number of para-hydroxylation sites is 4. The number of benzene rings is 14. The van der Waals surface area contributed by atoms with Gasteiger partial charge >= 0.3 is 0 Å². The Morgan fingerprint density at radius 3 is 0.701 bits per heavy atom. The molecule has 0 spiro atoms. The smallest absolute Gasteiger partial charge is 0.0468 e. The van der Waals surface area contributed by atoms with Crippen molar-refractivity contribution in [3.8, 4) is 33.4 Å². The molecular formula is C83H62N4. The Morgan fingerprint density at radius 2 is 0.402 bits per heavy atom. The molecule has 1 aliphatic rings. The number of hydrogen-bond donors (Lipinski definition) is 0. The Hall–Kier alpha value is -11.2. The number of rotatable bonds is 14. The Balaban J connectivity index is 0.758. The van der Waals surface area contributed by atoms with Gasteiger partial charge in [0.15, 0.2) is 0 Å². The number of hydrogen-bond acceptors (Lipinski definition) is 4. The van der Waals surface area contributed by atoms with E-state index in [-0.39, 0.29) is 5.41 Å². The van der Waals surface area contributed by atoms with Gasteiger partial charge in [-0.2, -0.15) is 0 Å². The minimum atomic E-state index is -0.319. The second kappa shape index (κ2) is 22.4. The first-order chi connectivity index (χ1) is 42.9. The van der Waals surface area contributed by atoms with E-state index in [1.165, 1.54) is 43.8 Å². The van der Waals surface area contributed by atoms with E-state index in [0.717, 1.165) is 90.5 Å². The summed E-state index contributed by atoms with van der Waals surface area (Å²) >= 11 is 0. The van der Waals surface area contributed by atoms with Gasteiger partial charge in [-0.15, -0.1) is 0 Å². The lowest BCUT2D eigenvalue weighted by molar-refractivity contribution is 0.660. The Morgan fingerprint density at radius 1 is 0.184 bits per heavy atom. The predicted molar refractivity (Wildman–Crippen MR) is 369 cm³/mol. The van der Waals surface area contributed by atoms with E-state index in [1.54, 1.807) is 0 Å². The van der Waals surface area contributed by atoms with Crippen LogP contribution in [0.5, 0.6) is 0 Å². The number of fused-ring (bicyclic) bond motifs is 5. The highest BCUT2D eigenvalue weighted by molar-refractivity contribution is 5.94. The second-order valence-corrected chi connectivity index (χ2v) is 23.0. The monoisotopic (exact) mass is 1110 g/mol. The lowest BCUT2D eigenvalue weighted by Crippen LogP contribution is -2.17. The predicted octanol–water partition coefficient (Wildman–Crippen LogP) is 23.5. The van der Waals surface area contributed by atoms with Gasteiger partial charge in [0, 0.05) is 73.7 Å². The molecule has 0 aromatic heterocycles. The molecule has 0 radical (unpaired) electrons. The van der Waals surface area contributed by atoms with Crippen molar-refractivity contribution in [2.24, 2.45) is 0 Å². The quantitative estimate of drug-likeness (QED) is 0.108. The van der Waals surface area contributed by atoms with Crippen LogP contribution in [-0.4, -0.2) is 0 Å². The van der Waals surface area contributed by atoms with Crippen LogP contribution in [0.2, 0.25) is 0 Å². The molecule has 0 aliphatic heterocycles. The third kappa shape index (κ3) is 10.0. The van der Waals surface area contributed by atoms with Crippen molar-refractivity contribution in [2.45, 2.75) is 19.3 Å². The highest BCUT2D eigenvalue weighted by Crippen LogP contribution is 2.53. The fraction of sp³-hybridized carbons (Fsp3) is 0.0361. The van der Waals surface area contributed by atoms with Crippen LogP contribution in [0.1, 0.15) is 25.0 Å². The van der Waals surface area contributed by atoms with E-state index >= 15 is 0 Å². The van der Waals surface area contributed by atoms with Gasteiger partial charge in [-0.25, -0.2) is 0 Å². The standard InChI is InChI=1S/C83H62N4/c1-83(2)81-57-77(86(75-49-39-59-19-15-17-21-65(59)55-75)73-45-35-63(36-46-73)61-31-41-71(42-32-61)84(67-23-7-3-8-24-67)68-25-9-4-10-26-68)51-53-79(81)80-54-52-78(58-82(80)83)87(76-50-40-60-20-16-18-22-66(60)56-76)74-47-37-64(38-48-74)62-33-43-72(44-34-62)85(69-27-11-5-12-28-69)70-29-13-6-14-30-70/h3-58H,1-2H3. The zero-order valence-corrected chi connectivity index (χ0v) is 48.6. The first-order valence-electron chi connectivity index (χ1n) is 30.0. The molecule has 15 rings (SSSR count). The van der Waals surface area contributed by atoms with E-state index in [2.05, 4.69) is 373 Å². The first kappa shape index (κ1) is 52.6. The Kier molecular flexibility index (Phi) is 13.6. The molecule has 0 atom stereocenters. The van der Waals surface area contributed by atoms with Crippen LogP contribution in [-0.2, 0) is 5.41 Å². The zero-order valence-electron chi connectivity index (χ0n) is 48.6. The molecule has 14 aromatic carbocycles. The minimum Gasteiger partial charge on any atom is -0.311 e. The molecule has 1 aliphatic carbocycles. The molecule has 0 unspecified atom stereocenters. The molecule has 414 valence electrons. The van der Waals surface area contributed by atoms with Crippen LogP contribution in [0.4, 0.5) is 68.2 Å². The molecule has 0 amide bonds. The SMILES string of the molecule is CC1(C)c2cc(N(c3ccc(-c4ccc(N(c5ccccc5)c5ccccc5)cc4)cc3)c3ccc4ccccc4c3)ccc2-c2ccc(N(c3ccc(-c4ccc(N(c5ccccc5)c5ccccc5)cc4)cc3)c3ccc4ccccc4c3)cc21. The van der Waals surface area contributed by atoms with Crippen molar-refractivity contribution in [1.82, 2.24) is 0 Å². The van der Waals surface area contributed by atoms with Gasteiger partial charge < -0.3 is 19.6 Å². The maximum atomic E-state index is 2.44. The average molecular weight is 1120 g/mol. The Labute approximate surface area is 510 Å². The van der Waals surface area contributed by atoms with Crippen molar-refractivity contribution >= 4 is 89.8 Å². The number of anilines is 12. The lowest BCUT2D eigenvalue weighted by atomic mass is 9.82. The van der Waals surface area contributed by atoms with Crippen LogP contribution >= 0.6 is 0 Å². The summed E-state index contributed by atoms with van der Waals surface area (Å²) in [4.78, 5) is 9.45. The highest BCUT2D eigenvalue weighted by atomic mass is 15.2. The third-order valence-electron chi connectivity index (χ3n) is 17.4. The van der Waals surface area contributed by atoms with E-state index in [1.807, 2.05) is 0 Å². The van der Waals surface area contributed by atoms with Crippen LogP contribution < -0.4 is 19.6 Å². The first-order valence-corrected chi connectivity index (χ1v) is 30.0. The summed E-state index contributed by atoms with van der Waals surface area (Å²) in [7, 11) is 0. The molecule has 87 heavy (non-hydrogen) atoms. The van der Waals surface area contributed by atoms with Crippen molar-refractivity contribution in [1.29, 1.82) is 0 Å². The third-order valence-corrected chi connectivity index (χ3v) is 17.4. The van der Waals surface area contributed by atoms with Gasteiger partial charge in [0.05, 0.1) is 0 Å². The van der Waals surface area contributed by atoms with Crippen LogP contribution in [0.15, 0.2) is 340 Å². The maximum absolute atomic E-state index is 2.44. The van der Waals surface area contributed by atoms with Crippen LogP contribution in [0.25, 0.3) is 54.9 Å². The summed E-state index contributed by atoms with van der Waals surface area (Å²) < 4.78 is 0. The molecule has 0 saturated heterocycles. The topological polar surface area (TPSA) is 13.0 Å². The van der Waals surface area contributed by atoms with E-state index in [9.17, 15) is 0 Å². The molecule has 0 bridgehead atoms. The second-order valence-electron chi connectivity index (χ2n) is 23.0. The number of nitrogens with zero attached hydrogens (tertiary/aromatic N) is 4. The molecule has 0 fully saturated rings. The summed E-state index contributed by atoms with van der Waals surface area (Å²) in [5.41, 5.74) is 22.8. The highest BCUT2D eigenvalue weighted by Gasteiger charge is 2.37. The molecule has 0 N–H and O–H groups in total. The molecule has 14 aromatic rings. The van der Waals surface area contributed by atoms with Crippen LogP contribution in [0, 0.1) is 0 Å². The van der Waals surface area contributed by atoms with Gasteiger partial charge in [0.25, 0.3) is 0 Å². The molecule has 4 nitrogen and oxygen atoms in total. The van der Waals surface area contributed by atoms with Gasteiger partial charge in [-0.3, -0.25) is 0 Å². The summed E-state index contributed by atoms with van der Waals surface area (Å²) in [5.74, 6) is 0. The zero-order chi connectivity index (χ0) is 58.3. The largest absolute Gasteiger partial charge is 0.311 e. The van der Waals surface area contributed by atoms with Gasteiger partial charge in [0.2, 0.25) is 0 Å². The molecule has 4 heteroatoms. The van der Waals surface area contributed by atoms with Crippen molar-refractivity contribution in [2.75, 3.05) is 19.6 Å². The van der Waals surface area contributed by atoms with Crippen molar-refractivity contribution in [3.05, 3.63) is 351 Å². The van der Waals surface area contributed by atoms with Gasteiger partial charge in [0.1, 0.15) is 0 Å². The van der Waals surface area contributed by atoms with Crippen molar-refractivity contribution in [3.63, 3.8) is 0 Å². The normalized spacial score (nSPS) is 12.1. The Bertz CT molecular complexity index is 4350. The van der Waals surface area contributed by atoms with Crippen LogP contribution in [0.3, 0.4) is 0 Å². The molecule has 0 heterocycles. The lowest BCUT2D eigenvalue weighted by Gasteiger charge is -2.29. The maximum Gasteiger partial charge on any atom is 0.0468 e. The summed E-state index contributed by atoms with van der Waals surface area (Å²) in [6, 6.07) is 123. The average Bonchev–Trinajstić information content (AvgIpc) is 1.67. The fourth-order valence-corrected chi connectivity index (χ4v) is 12.9. The van der Waals surface area contributed by atoms with E-state index in [4.69, 9.17) is 0 Å². The molecule has 0 saturated carbocycles. The summed E-state index contributed by atoms with van der Waals surface area (Å²) in [6.45, 7) is 4.79. The minimum absolute atomic E-state index is 0.319. The van der Waals surface area contributed by atoms with Crippen molar-refractivity contribution < 1.29 is 0 Å². The van der Waals surface area contributed by atoms with Gasteiger partial charge in [-0.1, -0.05) is 208 Å². The van der Waals surface area contributed by atoms with E-state index in [0.29, 0.717) is 0 Å². The molecular weight excluding hydrogens is 1050 g/mol.